The predicted molar refractivity (Wildman–Crippen MR) is 66.4 cm³/mol. The molecule has 0 radical (unpaired) electrons. The number of amides is 2. The van der Waals surface area contributed by atoms with Crippen molar-refractivity contribution in [3.8, 4) is 0 Å². The van der Waals surface area contributed by atoms with Crippen molar-refractivity contribution < 1.29 is 9.59 Å². The first-order valence-electron chi connectivity index (χ1n) is 5.17. The second-order valence-electron chi connectivity index (χ2n) is 3.95. The van der Waals surface area contributed by atoms with Gasteiger partial charge in [0.05, 0.1) is 11.3 Å². The van der Waals surface area contributed by atoms with Crippen LogP contribution in [0, 0.1) is 0 Å². The molecule has 0 spiro atoms. The Kier molecular flexibility index (Phi) is 2.00. The van der Waals surface area contributed by atoms with E-state index in [2.05, 4.69) is 0 Å². The molecule has 17 heavy (non-hydrogen) atoms. The van der Waals surface area contributed by atoms with Gasteiger partial charge in [-0.25, -0.2) is 4.90 Å². The van der Waals surface area contributed by atoms with Crippen LogP contribution in [0.2, 0.25) is 5.02 Å². The minimum Gasteiger partial charge on any atom is -0.274 e. The van der Waals surface area contributed by atoms with Crippen molar-refractivity contribution in [3.63, 3.8) is 0 Å². The van der Waals surface area contributed by atoms with Crippen molar-refractivity contribution in [3.05, 3.63) is 40.9 Å². The summed E-state index contributed by atoms with van der Waals surface area (Å²) in [6.07, 6.45) is 0. The van der Waals surface area contributed by atoms with Gasteiger partial charge in [-0.05, 0) is 18.2 Å². The monoisotopic (exact) mass is 245 g/mol. The fourth-order valence-electron chi connectivity index (χ4n) is 2.26. The molecule has 2 aromatic rings. The molecule has 0 saturated heterocycles. The van der Waals surface area contributed by atoms with Gasteiger partial charge in [-0.1, -0.05) is 23.7 Å². The van der Waals surface area contributed by atoms with E-state index in [1.54, 1.807) is 24.3 Å². The molecule has 3 nitrogen and oxygen atoms in total. The summed E-state index contributed by atoms with van der Waals surface area (Å²) >= 11 is 6.09. The van der Waals surface area contributed by atoms with Crippen LogP contribution in [0.4, 0.5) is 5.69 Å². The third kappa shape index (κ3) is 1.23. The van der Waals surface area contributed by atoms with Crippen molar-refractivity contribution in [1.29, 1.82) is 0 Å². The molecule has 84 valence electrons. The molecule has 0 unspecified atom stereocenters. The van der Waals surface area contributed by atoms with E-state index in [0.717, 1.165) is 10.8 Å². The van der Waals surface area contributed by atoms with Gasteiger partial charge in [-0.15, -0.1) is 0 Å². The molecule has 1 aliphatic rings. The van der Waals surface area contributed by atoms with E-state index in [1.165, 1.54) is 11.8 Å². The maximum absolute atomic E-state index is 12.1. The summed E-state index contributed by atoms with van der Waals surface area (Å²) in [5.41, 5.74) is 1.16. The van der Waals surface area contributed by atoms with Gasteiger partial charge in [-0.3, -0.25) is 9.59 Å². The van der Waals surface area contributed by atoms with E-state index >= 15 is 0 Å². The summed E-state index contributed by atoms with van der Waals surface area (Å²) in [7, 11) is 0. The van der Waals surface area contributed by atoms with E-state index in [0.29, 0.717) is 16.3 Å². The highest BCUT2D eigenvalue weighted by atomic mass is 35.5. The molecule has 0 bridgehead atoms. The average molecular weight is 246 g/mol. The quantitative estimate of drug-likeness (QED) is 0.716. The summed E-state index contributed by atoms with van der Waals surface area (Å²) in [5, 5.41) is 2.16. The van der Waals surface area contributed by atoms with Crippen LogP contribution in [0.3, 0.4) is 0 Å². The van der Waals surface area contributed by atoms with E-state index in [-0.39, 0.29) is 11.8 Å². The number of carbonyl (C=O) groups excluding carboxylic acids is 2. The van der Waals surface area contributed by atoms with Crippen molar-refractivity contribution in [2.45, 2.75) is 6.92 Å². The number of halogens is 1. The highest BCUT2D eigenvalue weighted by molar-refractivity contribution is 6.40. The fourth-order valence-corrected chi connectivity index (χ4v) is 2.48. The van der Waals surface area contributed by atoms with Crippen LogP contribution in [0.15, 0.2) is 30.3 Å². The van der Waals surface area contributed by atoms with Crippen LogP contribution in [-0.4, -0.2) is 11.8 Å². The normalized spacial score (nSPS) is 13.5. The molecule has 0 aliphatic carbocycles. The maximum Gasteiger partial charge on any atom is 0.265 e. The highest BCUT2D eigenvalue weighted by Crippen LogP contribution is 2.40. The summed E-state index contributed by atoms with van der Waals surface area (Å²) in [6.45, 7) is 1.38. The van der Waals surface area contributed by atoms with Gasteiger partial charge in [0.2, 0.25) is 5.91 Å². The first-order valence-corrected chi connectivity index (χ1v) is 5.55. The lowest BCUT2D eigenvalue weighted by atomic mass is 10.1. The third-order valence-corrected chi connectivity index (χ3v) is 3.28. The summed E-state index contributed by atoms with van der Waals surface area (Å²) in [4.78, 5) is 24.8. The van der Waals surface area contributed by atoms with Gasteiger partial charge in [-0.2, -0.15) is 0 Å². The number of nitrogens with zero attached hydrogens (tertiary/aromatic N) is 1. The Labute approximate surface area is 103 Å². The Morgan fingerprint density at radius 3 is 2.71 bits per heavy atom. The molecule has 1 heterocycles. The number of hydrogen-bond donors (Lipinski definition) is 0. The van der Waals surface area contributed by atoms with Crippen LogP contribution < -0.4 is 4.90 Å². The lowest BCUT2D eigenvalue weighted by Crippen LogP contribution is -2.31. The molecule has 3 rings (SSSR count). The second-order valence-corrected chi connectivity index (χ2v) is 4.36. The summed E-state index contributed by atoms with van der Waals surface area (Å²) < 4.78 is 0. The maximum atomic E-state index is 12.1. The zero-order valence-corrected chi connectivity index (χ0v) is 9.78. The topological polar surface area (TPSA) is 37.4 Å². The molecule has 0 N–H and O–H groups in total. The number of anilines is 1. The Morgan fingerprint density at radius 2 is 2.00 bits per heavy atom. The van der Waals surface area contributed by atoms with Gasteiger partial charge in [0.15, 0.2) is 0 Å². The Balaban J connectivity index is 2.47. The van der Waals surface area contributed by atoms with E-state index in [1.807, 2.05) is 6.07 Å². The molecule has 0 fully saturated rings. The highest BCUT2D eigenvalue weighted by Gasteiger charge is 2.32. The smallest absolute Gasteiger partial charge is 0.265 e. The van der Waals surface area contributed by atoms with Gasteiger partial charge in [0.25, 0.3) is 5.91 Å². The Bertz CT molecular complexity index is 678. The Hall–Kier alpha value is -1.87. The van der Waals surface area contributed by atoms with Crippen molar-refractivity contribution in [2.24, 2.45) is 0 Å². The number of rotatable bonds is 0. The first kappa shape index (κ1) is 10.3. The molecule has 0 atom stereocenters. The summed E-state index contributed by atoms with van der Waals surface area (Å²) in [6, 6.07) is 8.75. The zero-order chi connectivity index (χ0) is 12.2. The lowest BCUT2D eigenvalue weighted by molar-refractivity contribution is -0.115. The van der Waals surface area contributed by atoms with E-state index < -0.39 is 0 Å². The molecule has 4 heteroatoms. The van der Waals surface area contributed by atoms with Crippen LogP contribution in [-0.2, 0) is 4.79 Å². The number of imide groups is 1. The zero-order valence-electron chi connectivity index (χ0n) is 9.03. The predicted octanol–water partition coefficient (Wildman–Crippen LogP) is 3.00. The fraction of sp³-hybridized carbons (Fsp3) is 0.0769. The summed E-state index contributed by atoms with van der Waals surface area (Å²) in [5.74, 6) is -0.560. The minimum absolute atomic E-state index is 0.277. The lowest BCUT2D eigenvalue weighted by Gasteiger charge is -2.12. The van der Waals surface area contributed by atoms with Crippen LogP contribution in [0.25, 0.3) is 10.8 Å². The SMILES string of the molecule is CC(=O)N1C(=O)c2cccc3c(Cl)ccc1c23. The van der Waals surface area contributed by atoms with Crippen molar-refractivity contribution in [1.82, 2.24) is 0 Å². The molecule has 2 amide bonds. The number of carbonyl (C=O) groups is 2. The molecule has 1 aliphatic heterocycles. The van der Waals surface area contributed by atoms with E-state index in [4.69, 9.17) is 11.6 Å². The third-order valence-electron chi connectivity index (χ3n) is 2.95. The molecular weight excluding hydrogens is 238 g/mol. The van der Waals surface area contributed by atoms with E-state index in [9.17, 15) is 9.59 Å². The average Bonchev–Trinajstić information content (AvgIpc) is 2.59. The van der Waals surface area contributed by atoms with Crippen molar-refractivity contribution >= 4 is 39.9 Å². The first-order chi connectivity index (χ1) is 8.11. The largest absolute Gasteiger partial charge is 0.274 e. The Morgan fingerprint density at radius 1 is 1.24 bits per heavy atom. The second kappa shape index (κ2) is 3.31. The van der Waals surface area contributed by atoms with Gasteiger partial charge < -0.3 is 0 Å². The van der Waals surface area contributed by atoms with Crippen molar-refractivity contribution in [2.75, 3.05) is 4.90 Å². The van der Waals surface area contributed by atoms with Crippen LogP contribution in [0.5, 0.6) is 0 Å². The van der Waals surface area contributed by atoms with Crippen LogP contribution in [0.1, 0.15) is 17.3 Å². The molecule has 0 aromatic heterocycles. The van der Waals surface area contributed by atoms with Crippen LogP contribution >= 0.6 is 11.6 Å². The molecule has 0 saturated carbocycles. The van der Waals surface area contributed by atoms with Gasteiger partial charge >= 0.3 is 0 Å². The molecular formula is C13H8ClNO2. The molecule has 2 aromatic carbocycles. The number of benzene rings is 2. The standard InChI is InChI=1S/C13H8ClNO2/c1-7(16)15-11-6-5-10(14)8-3-2-4-9(12(8)11)13(15)17/h2-6H,1H3. The van der Waals surface area contributed by atoms with Gasteiger partial charge in [0, 0.05) is 22.7 Å². The number of hydrogen-bond acceptors (Lipinski definition) is 2. The van der Waals surface area contributed by atoms with Gasteiger partial charge in [0.1, 0.15) is 0 Å². The minimum atomic E-state index is -0.283.